The lowest BCUT2D eigenvalue weighted by molar-refractivity contribution is 0.0897. The molecule has 5 nitrogen and oxygen atoms in total. The van der Waals surface area contributed by atoms with E-state index in [1.54, 1.807) is 11.3 Å². The summed E-state index contributed by atoms with van der Waals surface area (Å²) in [4.78, 5) is 2.61. The zero-order valence-electron chi connectivity index (χ0n) is 16.4. The Balaban J connectivity index is 1.47. The van der Waals surface area contributed by atoms with E-state index in [9.17, 15) is 5.11 Å². The quantitative estimate of drug-likeness (QED) is 0.577. The summed E-state index contributed by atoms with van der Waals surface area (Å²) >= 11 is 1.61. The van der Waals surface area contributed by atoms with Crippen molar-refractivity contribution >= 4 is 27.1 Å². The second-order valence-electron chi connectivity index (χ2n) is 8.05. The first-order valence-corrected chi connectivity index (χ1v) is 11.0. The summed E-state index contributed by atoms with van der Waals surface area (Å²) in [7, 11) is 0. The highest BCUT2D eigenvalue weighted by atomic mass is 32.1. The number of thiophene rings is 1. The van der Waals surface area contributed by atoms with Gasteiger partial charge < -0.3 is 21.9 Å². The molecule has 1 atom stereocenters. The third-order valence-electron chi connectivity index (χ3n) is 6.11. The lowest BCUT2D eigenvalue weighted by atomic mass is 9.89. The Morgan fingerprint density at radius 3 is 2.79 bits per heavy atom. The highest BCUT2D eigenvalue weighted by molar-refractivity contribution is 7.17. The van der Waals surface area contributed by atoms with Gasteiger partial charge in [-0.05, 0) is 74.4 Å². The first kappa shape index (κ1) is 19.2. The van der Waals surface area contributed by atoms with Crippen LogP contribution < -0.4 is 16.8 Å². The van der Waals surface area contributed by atoms with Crippen molar-refractivity contribution in [2.75, 3.05) is 13.1 Å². The van der Waals surface area contributed by atoms with Gasteiger partial charge in [0, 0.05) is 40.0 Å². The molecule has 0 radical (unpaired) electrons. The number of nitrogens with one attached hydrogen (secondary N) is 1. The number of phenolic OH excluding ortho intramolecular Hbond substituents is 1. The summed E-state index contributed by atoms with van der Waals surface area (Å²) in [5.41, 5.74) is 14.7. The van der Waals surface area contributed by atoms with Crippen LogP contribution in [0, 0.1) is 0 Å². The Morgan fingerprint density at radius 2 is 2.04 bits per heavy atom. The van der Waals surface area contributed by atoms with Crippen LogP contribution in [0.2, 0.25) is 0 Å². The third kappa shape index (κ3) is 3.84. The molecule has 1 saturated heterocycles. The molecular weight excluding hydrogens is 368 g/mol. The summed E-state index contributed by atoms with van der Waals surface area (Å²) in [6.07, 6.45) is 8.30. The molecule has 1 saturated carbocycles. The molecular formula is C22H30N4OS. The van der Waals surface area contributed by atoms with Gasteiger partial charge in [0.05, 0.1) is 5.82 Å². The van der Waals surface area contributed by atoms with Gasteiger partial charge in [-0.15, -0.1) is 11.3 Å². The standard InChI is InChI=1S/C22H30N4OS/c1-14(21(24)18-7-8-19-17(22(18)27)9-11-28-19)12-20(23)25-15-4-3-10-26(13-15)16-5-2-6-16/h7-9,11-12,15-16,25,27H,2-6,10,13,23-24H2,1H3/b20-12+,21-14-. The van der Waals surface area contributed by atoms with Crippen LogP contribution in [-0.4, -0.2) is 35.2 Å². The van der Waals surface area contributed by atoms with E-state index >= 15 is 0 Å². The van der Waals surface area contributed by atoms with Gasteiger partial charge in [0.25, 0.3) is 0 Å². The maximum Gasteiger partial charge on any atom is 0.133 e. The van der Waals surface area contributed by atoms with Crippen molar-refractivity contribution in [1.82, 2.24) is 10.2 Å². The molecule has 0 bridgehead atoms. The maximum atomic E-state index is 10.6. The number of benzene rings is 1. The number of phenols is 1. The number of nitrogens with two attached hydrogens (primary N) is 2. The van der Waals surface area contributed by atoms with Crippen molar-refractivity contribution in [3.63, 3.8) is 0 Å². The number of nitrogens with zero attached hydrogens (tertiary/aromatic N) is 1. The van der Waals surface area contributed by atoms with Crippen LogP contribution in [0.1, 0.15) is 44.6 Å². The van der Waals surface area contributed by atoms with E-state index in [0.717, 1.165) is 34.7 Å². The van der Waals surface area contributed by atoms with Crippen LogP contribution in [0.25, 0.3) is 15.8 Å². The maximum absolute atomic E-state index is 10.6. The molecule has 150 valence electrons. The number of fused-ring (bicyclic) bond motifs is 1. The molecule has 1 aromatic heterocycles. The normalized spacial score (nSPS) is 22.8. The minimum absolute atomic E-state index is 0.235. The average molecular weight is 399 g/mol. The number of piperidine rings is 1. The average Bonchev–Trinajstić information content (AvgIpc) is 3.10. The molecule has 6 N–H and O–H groups in total. The molecule has 4 rings (SSSR count). The first-order chi connectivity index (χ1) is 13.5. The van der Waals surface area contributed by atoms with Gasteiger partial charge in [-0.25, -0.2) is 0 Å². The Morgan fingerprint density at radius 1 is 1.21 bits per heavy atom. The van der Waals surface area contributed by atoms with Crippen molar-refractivity contribution in [1.29, 1.82) is 0 Å². The third-order valence-corrected chi connectivity index (χ3v) is 6.99. The highest BCUT2D eigenvalue weighted by Gasteiger charge is 2.29. The summed E-state index contributed by atoms with van der Waals surface area (Å²) in [5, 5.41) is 16.9. The molecule has 0 spiro atoms. The van der Waals surface area contributed by atoms with Crippen LogP contribution in [-0.2, 0) is 0 Å². The molecule has 1 aliphatic heterocycles. The van der Waals surface area contributed by atoms with Crippen molar-refractivity contribution < 1.29 is 5.11 Å². The van der Waals surface area contributed by atoms with Gasteiger partial charge in [-0.2, -0.15) is 0 Å². The lowest BCUT2D eigenvalue weighted by Crippen LogP contribution is -2.51. The number of rotatable bonds is 5. The largest absolute Gasteiger partial charge is 0.507 e. The van der Waals surface area contributed by atoms with Crippen molar-refractivity contribution in [2.24, 2.45) is 11.5 Å². The van der Waals surface area contributed by atoms with Gasteiger partial charge in [0.2, 0.25) is 0 Å². The molecule has 2 heterocycles. The zero-order chi connectivity index (χ0) is 19.7. The molecule has 1 unspecified atom stereocenters. The second-order valence-corrected chi connectivity index (χ2v) is 9.00. The van der Waals surface area contributed by atoms with Crippen molar-refractivity contribution in [3.05, 3.63) is 46.6 Å². The number of allylic oxidation sites excluding steroid dienone is 2. The van der Waals surface area contributed by atoms with Gasteiger partial charge >= 0.3 is 0 Å². The Labute approximate surface area is 170 Å². The van der Waals surface area contributed by atoms with E-state index in [4.69, 9.17) is 11.5 Å². The number of hydrogen-bond acceptors (Lipinski definition) is 6. The molecule has 2 aromatic rings. The predicted molar refractivity (Wildman–Crippen MR) is 118 cm³/mol. The minimum atomic E-state index is 0.235. The molecule has 2 aliphatic rings. The fraction of sp³-hybridized carbons (Fsp3) is 0.455. The molecule has 2 fully saturated rings. The molecule has 28 heavy (non-hydrogen) atoms. The van der Waals surface area contributed by atoms with Gasteiger partial charge in [-0.1, -0.05) is 6.42 Å². The number of likely N-dealkylation sites (tertiary alicyclic amines) is 1. The smallest absolute Gasteiger partial charge is 0.133 e. The Hall–Kier alpha value is -2.18. The van der Waals surface area contributed by atoms with E-state index in [1.807, 2.05) is 36.6 Å². The summed E-state index contributed by atoms with van der Waals surface area (Å²) in [6.45, 7) is 4.21. The summed E-state index contributed by atoms with van der Waals surface area (Å²) < 4.78 is 1.05. The molecule has 1 aliphatic carbocycles. The van der Waals surface area contributed by atoms with Crippen molar-refractivity contribution in [2.45, 2.75) is 51.1 Å². The molecule has 6 heteroatoms. The molecule has 0 amide bonds. The zero-order valence-corrected chi connectivity index (χ0v) is 17.3. The van der Waals surface area contributed by atoms with Crippen LogP contribution >= 0.6 is 11.3 Å². The SMILES string of the molecule is CC(/C=C(\N)NC1CCCN(C2CCC2)C1)=C(/N)c1ccc2sccc2c1O. The number of aromatic hydroxyl groups is 1. The van der Waals surface area contributed by atoms with Crippen LogP contribution in [0.5, 0.6) is 5.75 Å². The van der Waals surface area contributed by atoms with E-state index in [0.29, 0.717) is 23.1 Å². The van der Waals surface area contributed by atoms with Crippen molar-refractivity contribution in [3.8, 4) is 5.75 Å². The Bertz CT molecular complexity index is 912. The second kappa shape index (κ2) is 8.05. The fourth-order valence-electron chi connectivity index (χ4n) is 4.25. The van der Waals surface area contributed by atoms with Crippen LogP contribution in [0.3, 0.4) is 0 Å². The van der Waals surface area contributed by atoms with E-state index in [-0.39, 0.29) is 5.75 Å². The summed E-state index contributed by atoms with van der Waals surface area (Å²) in [5.74, 6) is 0.871. The topological polar surface area (TPSA) is 87.5 Å². The minimum Gasteiger partial charge on any atom is -0.507 e. The van der Waals surface area contributed by atoms with E-state index < -0.39 is 0 Å². The van der Waals surface area contributed by atoms with E-state index in [1.165, 1.54) is 32.2 Å². The molecule has 1 aromatic carbocycles. The fourth-order valence-corrected chi connectivity index (χ4v) is 5.04. The predicted octanol–water partition coefficient (Wildman–Crippen LogP) is 3.70. The van der Waals surface area contributed by atoms with Crippen LogP contribution in [0.4, 0.5) is 0 Å². The summed E-state index contributed by atoms with van der Waals surface area (Å²) in [6, 6.07) is 6.96. The Kier molecular flexibility index (Phi) is 5.51. The highest BCUT2D eigenvalue weighted by Crippen LogP contribution is 2.35. The number of hydrogen-bond donors (Lipinski definition) is 4. The van der Waals surface area contributed by atoms with E-state index in [2.05, 4.69) is 10.2 Å². The van der Waals surface area contributed by atoms with Crippen LogP contribution in [0.15, 0.2) is 41.0 Å². The van der Waals surface area contributed by atoms with Gasteiger partial charge in [0.15, 0.2) is 0 Å². The van der Waals surface area contributed by atoms with Gasteiger partial charge in [0.1, 0.15) is 5.75 Å². The first-order valence-electron chi connectivity index (χ1n) is 10.2. The van der Waals surface area contributed by atoms with Gasteiger partial charge in [-0.3, -0.25) is 4.90 Å². The monoisotopic (exact) mass is 398 g/mol. The lowest BCUT2D eigenvalue weighted by Gasteiger charge is -2.42.